The van der Waals surface area contributed by atoms with E-state index in [4.69, 9.17) is 0 Å². The predicted molar refractivity (Wildman–Crippen MR) is 280 cm³/mol. The summed E-state index contributed by atoms with van der Waals surface area (Å²) in [4.78, 5) is 0. The minimum atomic E-state index is -4.07. The predicted octanol–water partition coefficient (Wildman–Crippen LogP) is 19.2. The van der Waals surface area contributed by atoms with Crippen molar-refractivity contribution >= 4 is 53.2 Å². The van der Waals surface area contributed by atoms with Gasteiger partial charge in [0.25, 0.3) is 0 Å². The molecule has 0 aliphatic heterocycles. The molecule has 0 saturated heterocycles. The van der Waals surface area contributed by atoms with Gasteiger partial charge in [0.1, 0.15) is 0 Å². The zero-order valence-corrected chi connectivity index (χ0v) is 45.0. The number of hydrogen-bond donors (Lipinski definition) is 0. The third-order valence-electron chi connectivity index (χ3n) is 13.7. The van der Waals surface area contributed by atoms with Gasteiger partial charge < -0.3 is 14.4 Å². The number of rotatable bonds is 10. The van der Waals surface area contributed by atoms with Crippen LogP contribution in [0.1, 0.15) is 158 Å². The monoisotopic (exact) mass is 1020 g/mol. The molecule has 2 saturated carbocycles. The molecule has 0 spiro atoms. The Morgan fingerprint density at radius 2 is 0.908 bits per heavy atom. The van der Waals surface area contributed by atoms with Gasteiger partial charge in [-0.3, -0.25) is 0 Å². The SMILES string of the molecule is CCC(C)c1ccc(-c2cccc3[cH-]c(CC4CCCCCC4)cc23)cc1.CCC(C)c1ccc(-c2cccc3[cH-]c(CC4CCCCCC4)cc23)cc1.Cl.Cl.[CH2-]CC(F)(F)F.[CH3-].[Si]=[Zr]. The Hall–Kier alpha value is -2.43. The van der Waals surface area contributed by atoms with Crippen LogP contribution in [0, 0.1) is 26.2 Å². The first kappa shape index (κ1) is 58.7. The summed E-state index contributed by atoms with van der Waals surface area (Å²) in [5, 5.41) is 5.67. The average Bonchev–Trinajstić information content (AvgIpc) is 3.69. The van der Waals surface area contributed by atoms with Crippen molar-refractivity contribution in [2.45, 2.75) is 155 Å². The molecule has 0 N–H and O–H groups in total. The van der Waals surface area contributed by atoms with Crippen LogP contribution in [-0.2, 0) is 36.2 Å². The molecule has 0 aromatic heterocycles. The van der Waals surface area contributed by atoms with Gasteiger partial charge >= 0.3 is 36.4 Å². The van der Waals surface area contributed by atoms with E-state index in [-0.39, 0.29) is 32.2 Å². The van der Waals surface area contributed by atoms with Crippen LogP contribution in [0.2, 0.25) is 0 Å². The zero-order valence-electron chi connectivity index (χ0n) is 39.9. The van der Waals surface area contributed by atoms with Crippen LogP contribution in [0.15, 0.2) is 109 Å². The molecule has 2 aliphatic rings. The topological polar surface area (TPSA) is 0 Å². The van der Waals surface area contributed by atoms with E-state index in [0.717, 1.165) is 11.8 Å². The molecule has 2 radical (unpaired) electrons. The first-order valence-electron chi connectivity index (χ1n) is 23.7. The molecule has 0 nitrogen and oxygen atoms in total. The van der Waals surface area contributed by atoms with Gasteiger partial charge in [0.2, 0.25) is 0 Å². The van der Waals surface area contributed by atoms with Gasteiger partial charge in [-0.15, -0.1) is 93.9 Å². The van der Waals surface area contributed by atoms with Gasteiger partial charge in [-0.05, 0) is 71.6 Å². The molecule has 354 valence electrons. The standard InChI is InChI=1S/2C27H33.C3H4F3.CH3.2ClH.Si.Zr/c2*1-3-20(2)23-13-15-24(16-14-23)26-12-8-11-25-18-22(19-27(25)26)17-21-9-6-4-5-7-10-21;1-2-3(4,5)6;;;;;/h2*8,11-16,18-21H,3-7,9-10,17H2,1-2H3;1-2H2;1H3;2*1H;;/q4*-1;;;;. The third-order valence-corrected chi connectivity index (χ3v) is 13.7. The quantitative estimate of drug-likeness (QED) is 0.0729. The van der Waals surface area contributed by atoms with Crippen LogP contribution < -0.4 is 0 Å². The van der Waals surface area contributed by atoms with Crippen molar-refractivity contribution in [2.75, 3.05) is 0 Å². The van der Waals surface area contributed by atoms with Crippen LogP contribution in [0.25, 0.3) is 43.8 Å². The van der Waals surface area contributed by atoms with E-state index in [1.807, 2.05) is 0 Å². The number of alkyl halides is 3. The normalized spacial score (nSPS) is 15.4. The summed E-state index contributed by atoms with van der Waals surface area (Å²) >= 11 is 1.36. The number of benzene rings is 4. The van der Waals surface area contributed by atoms with Crippen molar-refractivity contribution < 1.29 is 36.5 Å². The van der Waals surface area contributed by atoms with Crippen LogP contribution in [0.4, 0.5) is 13.2 Å². The number of hydrogen-bond acceptors (Lipinski definition) is 0. The van der Waals surface area contributed by atoms with E-state index in [0.29, 0.717) is 11.8 Å². The first-order valence-corrected chi connectivity index (χ1v) is 27.9. The van der Waals surface area contributed by atoms with Gasteiger partial charge in [-0.1, -0.05) is 183 Å². The summed E-state index contributed by atoms with van der Waals surface area (Å²) in [6, 6.07) is 41.9. The van der Waals surface area contributed by atoms with Crippen LogP contribution in [0.3, 0.4) is 0 Å². The second kappa shape index (κ2) is 30.1. The van der Waals surface area contributed by atoms with Crippen molar-refractivity contribution in [1.82, 2.24) is 0 Å². The summed E-state index contributed by atoms with van der Waals surface area (Å²) in [7, 11) is 0. The fourth-order valence-corrected chi connectivity index (χ4v) is 9.59. The van der Waals surface area contributed by atoms with E-state index in [1.165, 1.54) is 181 Å². The molecule has 8 rings (SSSR count). The van der Waals surface area contributed by atoms with Gasteiger partial charge in [0.15, 0.2) is 0 Å². The van der Waals surface area contributed by atoms with E-state index in [1.54, 1.807) is 11.1 Å². The molecule has 0 bridgehead atoms. The van der Waals surface area contributed by atoms with E-state index < -0.39 is 12.6 Å². The summed E-state index contributed by atoms with van der Waals surface area (Å²) < 4.78 is 32.2. The van der Waals surface area contributed by atoms with Gasteiger partial charge in [-0.2, -0.15) is 25.3 Å². The zero-order chi connectivity index (χ0) is 44.5. The van der Waals surface area contributed by atoms with E-state index >= 15 is 0 Å². The van der Waals surface area contributed by atoms with E-state index in [9.17, 15) is 13.2 Å². The van der Waals surface area contributed by atoms with Crippen molar-refractivity contribution in [3.63, 3.8) is 0 Å². The second-order valence-corrected chi connectivity index (χ2v) is 18.2. The minimum absolute atomic E-state index is 0. The van der Waals surface area contributed by atoms with Crippen molar-refractivity contribution in [2.24, 2.45) is 11.8 Å². The molecule has 65 heavy (non-hydrogen) atoms. The average molecular weight is 1020 g/mol. The van der Waals surface area contributed by atoms with Gasteiger partial charge in [0, 0.05) is 0 Å². The fraction of sp³-hybridized carbons (Fsp3) is 0.448. The molecular weight excluding hydrogens is 944 g/mol. The Labute approximate surface area is 421 Å². The third kappa shape index (κ3) is 17.9. The van der Waals surface area contributed by atoms with Gasteiger partial charge in [-0.25, -0.2) is 0 Å². The molecule has 2 atom stereocenters. The second-order valence-electron chi connectivity index (χ2n) is 18.2. The molecule has 2 fully saturated rings. The summed E-state index contributed by atoms with van der Waals surface area (Å²) in [5.41, 5.74) is 11.4. The Morgan fingerprint density at radius 1 is 0.585 bits per heavy atom. The fourth-order valence-electron chi connectivity index (χ4n) is 9.59. The maximum atomic E-state index is 10.7. The van der Waals surface area contributed by atoms with Crippen molar-refractivity contribution in [3.05, 3.63) is 146 Å². The van der Waals surface area contributed by atoms with Gasteiger partial charge in [0.05, 0.1) is 0 Å². The number of halogens is 5. The molecular formula is C58H75Cl2F3SiZr-4. The Kier molecular flexibility index (Phi) is 27.2. The summed E-state index contributed by atoms with van der Waals surface area (Å²) in [6.07, 6.45) is 17.0. The van der Waals surface area contributed by atoms with Crippen molar-refractivity contribution in [1.29, 1.82) is 0 Å². The maximum absolute atomic E-state index is 10.7. The summed E-state index contributed by atoms with van der Waals surface area (Å²) in [6.45, 7) is 14.8. The molecule has 2 unspecified atom stereocenters. The molecule has 0 heterocycles. The Balaban J connectivity index is 0.000000370. The number of fused-ring (bicyclic) bond motifs is 2. The Morgan fingerprint density at radius 3 is 1.20 bits per heavy atom. The van der Waals surface area contributed by atoms with Crippen LogP contribution >= 0.6 is 24.8 Å². The molecule has 6 aromatic carbocycles. The molecule has 0 amide bonds. The first-order chi connectivity index (χ1) is 30.0. The van der Waals surface area contributed by atoms with Crippen LogP contribution in [-0.4, -0.2) is 13.1 Å². The van der Waals surface area contributed by atoms with E-state index in [2.05, 4.69) is 151 Å². The molecule has 6 aromatic rings. The molecule has 7 heteroatoms. The van der Waals surface area contributed by atoms with Crippen molar-refractivity contribution in [3.8, 4) is 22.3 Å². The van der Waals surface area contributed by atoms with Crippen LogP contribution in [0.5, 0.6) is 0 Å². The summed E-state index contributed by atoms with van der Waals surface area (Å²) in [5.74, 6) is 3.06. The molecule has 2 aliphatic carbocycles. The Bertz CT molecular complexity index is 2040.